The predicted octanol–water partition coefficient (Wildman–Crippen LogP) is 0.00980. The van der Waals surface area contributed by atoms with Crippen LogP contribution in [0.5, 0.6) is 11.5 Å². The number of carbonyl (C=O) groups is 1. The Kier molecular flexibility index (Phi) is 5.31. The van der Waals surface area contributed by atoms with E-state index in [9.17, 15) is 4.79 Å². The number of methoxy groups -OCH3 is 1. The first kappa shape index (κ1) is 17.9. The Morgan fingerprint density at radius 1 is 1.30 bits per heavy atom. The van der Waals surface area contributed by atoms with Gasteiger partial charge in [-0.1, -0.05) is 0 Å². The maximum Gasteiger partial charge on any atom is 0.275 e. The highest BCUT2D eigenvalue weighted by molar-refractivity contribution is 5.76. The number of nitrogens with one attached hydrogen (secondary N) is 2. The summed E-state index contributed by atoms with van der Waals surface area (Å²) in [6.45, 7) is 4.42. The van der Waals surface area contributed by atoms with Gasteiger partial charge < -0.3 is 29.0 Å². The quantitative estimate of drug-likeness (QED) is 0.701. The smallest absolute Gasteiger partial charge is 0.275 e. The zero-order chi connectivity index (χ0) is 18.6. The van der Waals surface area contributed by atoms with Gasteiger partial charge in [0, 0.05) is 25.4 Å². The summed E-state index contributed by atoms with van der Waals surface area (Å²) in [5, 5.41) is 2.93. The number of aromatic nitrogens is 1. The number of benzene rings is 1. The Morgan fingerprint density at radius 3 is 3.00 bits per heavy atom. The average molecular weight is 372 g/mol. The van der Waals surface area contributed by atoms with Gasteiger partial charge in [0.1, 0.15) is 13.2 Å². The fraction of sp³-hybridized carbons (Fsp3) is 0.450. The fourth-order valence-corrected chi connectivity index (χ4v) is 3.91. The molecule has 0 aliphatic carbocycles. The Labute approximate surface area is 158 Å². The summed E-state index contributed by atoms with van der Waals surface area (Å²) < 4.78 is 18.7. The largest absolute Gasteiger partial charge is 0.486 e. The summed E-state index contributed by atoms with van der Waals surface area (Å²) >= 11 is 0. The molecule has 0 fully saturated rings. The number of carbonyl (C=O) groups excluding carboxylic acids is 1. The molecule has 27 heavy (non-hydrogen) atoms. The molecule has 2 aliphatic heterocycles. The first-order valence-corrected chi connectivity index (χ1v) is 9.41. The van der Waals surface area contributed by atoms with Crippen LogP contribution in [0.1, 0.15) is 17.3 Å². The van der Waals surface area contributed by atoms with Crippen molar-refractivity contribution in [1.29, 1.82) is 0 Å². The number of quaternary nitrogens is 1. The van der Waals surface area contributed by atoms with Crippen LogP contribution in [0.15, 0.2) is 36.5 Å². The second-order valence-electron chi connectivity index (χ2n) is 6.89. The second-order valence-corrected chi connectivity index (χ2v) is 6.89. The number of ether oxygens (including phenoxy) is 3. The SMILES string of the molecule is COCCNC(=O)C[NH+]1CCn2cccc2[C@@H]1c1ccc2c(c1)OCCO2. The highest BCUT2D eigenvalue weighted by Gasteiger charge is 2.34. The van der Waals surface area contributed by atoms with E-state index in [1.165, 1.54) is 10.6 Å². The van der Waals surface area contributed by atoms with Gasteiger partial charge in [0.15, 0.2) is 24.1 Å². The van der Waals surface area contributed by atoms with Crippen LogP contribution in [0.2, 0.25) is 0 Å². The number of hydrogen-bond acceptors (Lipinski definition) is 4. The van der Waals surface area contributed by atoms with Crippen molar-refractivity contribution < 1.29 is 23.9 Å². The van der Waals surface area contributed by atoms with Gasteiger partial charge >= 0.3 is 0 Å². The monoisotopic (exact) mass is 372 g/mol. The Balaban J connectivity index is 1.59. The van der Waals surface area contributed by atoms with Gasteiger partial charge in [-0.3, -0.25) is 4.79 Å². The van der Waals surface area contributed by atoms with Crippen molar-refractivity contribution in [1.82, 2.24) is 9.88 Å². The van der Waals surface area contributed by atoms with Crippen molar-refractivity contribution in [2.75, 3.05) is 46.6 Å². The van der Waals surface area contributed by atoms with Crippen molar-refractivity contribution in [2.45, 2.75) is 12.6 Å². The lowest BCUT2D eigenvalue weighted by molar-refractivity contribution is -0.922. The Morgan fingerprint density at radius 2 is 2.15 bits per heavy atom. The topological polar surface area (TPSA) is 66.2 Å². The summed E-state index contributed by atoms with van der Waals surface area (Å²) in [5.74, 6) is 1.62. The molecule has 0 spiro atoms. The lowest BCUT2D eigenvalue weighted by atomic mass is 9.99. The first-order chi connectivity index (χ1) is 13.3. The van der Waals surface area contributed by atoms with Crippen LogP contribution in [0.25, 0.3) is 0 Å². The predicted molar refractivity (Wildman–Crippen MR) is 99.3 cm³/mol. The minimum atomic E-state index is 0.0459. The van der Waals surface area contributed by atoms with Crippen molar-refractivity contribution in [3.05, 3.63) is 47.8 Å². The molecule has 0 saturated heterocycles. The van der Waals surface area contributed by atoms with E-state index in [4.69, 9.17) is 14.2 Å². The molecule has 2 atom stereocenters. The molecule has 4 rings (SSSR count). The van der Waals surface area contributed by atoms with E-state index in [0.29, 0.717) is 32.9 Å². The van der Waals surface area contributed by atoms with Crippen LogP contribution in [0, 0.1) is 0 Å². The zero-order valence-corrected chi connectivity index (χ0v) is 15.6. The third-order valence-corrected chi connectivity index (χ3v) is 5.16. The third kappa shape index (κ3) is 3.79. The summed E-state index contributed by atoms with van der Waals surface area (Å²) in [7, 11) is 1.63. The minimum absolute atomic E-state index is 0.0459. The molecule has 0 bridgehead atoms. The van der Waals surface area contributed by atoms with Gasteiger partial charge in [0.05, 0.1) is 25.4 Å². The van der Waals surface area contributed by atoms with Gasteiger partial charge in [-0.25, -0.2) is 0 Å². The molecular formula is C20H26N3O4+. The number of fused-ring (bicyclic) bond motifs is 2. The van der Waals surface area contributed by atoms with Gasteiger partial charge in [-0.2, -0.15) is 0 Å². The zero-order valence-electron chi connectivity index (χ0n) is 15.6. The molecule has 1 aromatic heterocycles. The number of rotatable bonds is 6. The van der Waals surface area contributed by atoms with Gasteiger partial charge in [-0.05, 0) is 30.3 Å². The van der Waals surface area contributed by atoms with Crippen LogP contribution < -0.4 is 19.7 Å². The molecule has 0 saturated carbocycles. The van der Waals surface area contributed by atoms with E-state index in [1.807, 2.05) is 6.07 Å². The van der Waals surface area contributed by atoms with Gasteiger partial charge in [0.25, 0.3) is 5.91 Å². The molecule has 0 radical (unpaired) electrons. The van der Waals surface area contributed by atoms with Crippen molar-refractivity contribution >= 4 is 5.91 Å². The van der Waals surface area contributed by atoms with Crippen molar-refractivity contribution in [3.8, 4) is 11.5 Å². The molecular weight excluding hydrogens is 346 g/mol. The van der Waals surface area contributed by atoms with E-state index in [-0.39, 0.29) is 11.9 Å². The molecule has 144 valence electrons. The van der Waals surface area contributed by atoms with E-state index < -0.39 is 0 Å². The van der Waals surface area contributed by atoms with Gasteiger partial charge in [-0.15, -0.1) is 0 Å². The standard InChI is InChI=1S/C20H25N3O4/c1-25-10-6-21-19(24)14-23-9-8-22-7-2-3-16(22)20(23)15-4-5-17-18(13-15)27-12-11-26-17/h2-5,7,13,20H,6,8-12,14H2,1H3,(H,21,24)/p+1/t20-/m0/s1. The molecule has 2 N–H and O–H groups in total. The molecule has 1 amide bonds. The highest BCUT2D eigenvalue weighted by atomic mass is 16.6. The summed E-state index contributed by atoms with van der Waals surface area (Å²) in [6, 6.07) is 10.4. The minimum Gasteiger partial charge on any atom is -0.486 e. The number of hydrogen-bond donors (Lipinski definition) is 2. The fourth-order valence-electron chi connectivity index (χ4n) is 3.91. The lowest BCUT2D eigenvalue weighted by Crippen LogP contribution is -3.14. The highest BCUT2D eigenvalue weighted by Crippen LogP contribution is 2.34. The maximum atomic E-state index is 12.4. The van der Waals surface area contributed by atoms with Crippen molar-refractivity contribution in [3.63, 3.8) is 0 Å². The van der Waals surface area contributed by atoms with Crippen LogP contribution >= 0.6 is 0 Å². The summed E-state index contributed by atoms with van der Waals surface area (Å²) in [5.41, 5.74) is 2.36. The number of nitrogens with zero attached hydrogens (tertiary/aromatic N) is 1. The molecule has 2 aliphatic rings. The Bertz CT molecular complexity index is 804. The normalized spacial score (nSPS) is 20.8. The van der Waals surface area contributed by atoms with Crippen LogP contribution in [0.3, 0.4) is 0 Å². The van der Waals surface area contributed by atoms with Crippen LogP contribution in [-0.4, -0.2) is 57.0 Å². The second kappa shape index (κ2) is 8.02. The molecule has 1 unspecified atom stereocenters. The van der Waals surface area contributed by atoms with Gasteiger partial charge in [0.2, 0.25) is 0 Å². The first-order valence-electron chi connectivity index (χ1n) is 9.41. The lowest BCUT2D eigenvalue weighted by Gasteiger charge is -2.34. The molecule has 1 aromatic carbocycles. The van der Waals surface area contributed by atoms with Crippen molar-refractivity contribution in [2.24, 2.45) is 0 Å². The third-order valence-electron chi connectivity index (χ3n) is 5.16. The van der Waals surface area contributed by atoms with E-state index in [2.05, 4.69) is 40.3 Å². The Hall–Kier alpha value is -2.51. The molecule has 3 heterocycles. The molecule has 7 nitrogen and oxygen atoms in total. The summed E-state index contributed by atoms with van der Waals surface area (Å²) in [4.78, 5) is 13.6. The van der Waals surface area contributed by atoms with E-state index in [0.717, 1.165) is 30.2 Å². The van der Waals surface area contributed by atoms with E-state index >= 15 is 0 Å². The van der Waals surface area contributed by atoms with Crippen LogP contribution in [-0.2, 0) is 16.1 Å². The summed E-state index contributed by atoms with van der Waals surface area (Å²) in [6.07, 6.45) is 2.11. The van der Waals surface area contributed by atoms with E-state index in [1.54, 1.807) is 7.11 Å². The van der Waals surface area contributed by atoms with Crippen LogP contribution in [0.4, 0.5) is 0 Å². The molecule has 2 aromatic rings. The average Bonchev–Trinajstić information content (AvgIpc) is 3.16. The maximum absolute atomic E-state index is 12.4. The number of amides is 1. The molecule has 7 heteroatoms.